The number of halogens is 1. The van der Waals surface area contributed by atoms with E-state index in [0.29, 0.717) is 0 Å². The molecule has 0 radical (unpaired) electrons. The lowest BCUT2D eigenvalue weighted by Gasteiger charge is -2.31. The number of rotatable bonds is 5. The summed E-state index contributed by atoms with van der Waals surface area (Å²) >= 11 is 6.10. The number of likely N-dealkylation sites (tertiary alicyclic amines) is 1. The van der Waals surface area contributed by atoms with Crippen LogP contribution in [-0.4, -0.2) is 50.5 Å². The molecule has 4 nitrogen and oxygen atoms in total. The lowest BCUT2D eigenvalue weighted by Crippen LogP contribution is -2.39. The van der Waals surface area contributed by atoms with Crippen LogP contribution in [0.1, 0.15) is 18.5 Å². The van der Waals surface area contributed by atoms with Gasteiger partial charge in [-0.15, -0.1) is 0 Å². The third kappa shape index (κ3) is 3.32. The highest BCUT2D eigenvalue weighted by atomic mass is 35.5. The van der Waals surface area contributed by atoms with Crippen LogP contribution in [0.3, 0.4) is 0 Å². The van der Waals surface area contributed by atoms with Crippen molar-refractivity contribution in [3.63, 3.8) is 0 Å². The summed E-state index contributed by atoms with van der Waals surface area (Å²) in [5.74, 6) is 0. The van der Waals surface area contributed by atoms with Gasteiger partial charge in [-0.2, -0.15) is 0 Å². The molecule has 2 rings (SSSR count). The molecular weight excluding hydrogens is 276 g/mol. The number of nitrogens with two attached hydrogens (primary N) is 1. The first kappa shape index (κ1) is 15.7. The standard InChI is InChI=1S/C15H23ClN2O2/c1-10(17)15(11-5-4-6-12(16)7-11)18-8-13(19-2)14(9-18)20-3/h4-7,10,13-15H,8-9,17H2,1-3H3. The smallest absolute Gasteiger partial charge is 0.0972 e. The molecule has 1 aliphatic heterocycles. The van der Waals surface area contributed by atoms with Gasteiger partial charge in [0.25, 0.3) is 0 Å². The summed E-state index contributed by atoms with van der Waals surface area (Å²) in [6.45, 7) is 3.65. The van der Waals surface area contributed by atoms with E-state index in [4.69, 9.17) is 26.8 Å². The Morgan fingerprint density at radius 3 is 2.30 bits per heavy atom. The Morgan fingerprint density at radius 1 is 1.25 bits per heavy atom. The summed E-state index contributed by atoms with van der Waals surface area (Å²) in [7, 11) is 3.45. The van der Waals surface area contributed by atoms with E-state index >= 15 is 0 Å². The second-order valence-electron chi connectivity index (χ2n) is 5.36. The van der Waals surface area contributed by atoms with Crippen molar-refractivity contribution in [2.24, 2.45) is 5.73 Å². The number of hydrogen-bond acceptors (Lipinski definition) is 4. The Labute approximate surface area is 125 Å². The topological polar surface area (TPSA) is 47.7 Å². The zero-order valence-electron chi connectivity index (χ0n) is 12.3. The summed E-state index contributed by atoms with van der Waals surface area (Å²) in [5.41, 5.74) is 7.34. The molecule has 1 saturated heterocycles. The number of ether oxygens (including phenoxy) is 2. The molecular formula is C15H23ClN2O2. The van der Waals surface area contributed by atoms with Crippen LogP contribution in [0.5, 0.6) is 0 Å². The molecule has 1 heterocycles. The third-order valence-corrected chi connectivity index (χ3v) is 4.17. The van der Waals surface area contributed by atoms with Crippen molar-refractivity contribution in [2.75, 3.05) is 27.3 Å². The molecule has 1 aromatic carbocycles. The highest BCUT2D eigenvalue weighted by molar-refractivity contribution is 6.30. The lowest BCUT2D eigenvalue weighted by atomic mass is 9.99. The Balaban J connectivity index is 2.22. The Bertz CT molecular complexity index is 430. The predicted octanol–water partition coefficient (Wildman–Crippen LogP) is 2.07. The number of benzene rings is 1. The van der Waals surface area contributed by atoms with E-state index in [1.165, 1.54) is 0 Å². The fraction of sp³-hybridized carbons (Fsp3) is 0.600. The Kier molecular flexibility index (Phi) is 5.41. The van der Waals surface area contributed by atoms with Crippen LogP contribution in [0.4, 0.5) is 0 Å². The molecule has 0 aromatic heterocycles. The highest BCUT2D eigenvalue weighted by Crippen LogP contribution is 2.30. The number of nitrogens with zero attached hydrogens (tertiary/aromatic N) is 1. The van der Waals surface area contributed by atoms with Crippen molar-refractivity contribution >= 4 is 11.6 Å². The van der Waals surface area contributed by atoms with Crippen LogP contribution in [0.25, 0.3) is 0 Å². The molecule has 0 amide bonds. The molecule has 0 saturated carbocycles. The second-order valence-corrected chi connectivity index (χ2v) is 5.80. The van der Waals surface area contributed by atoms with E-state index in [0.717, 1.165) is 23.7 Å². The predicted molar refractivity (Wildman–Crippen MR) is 81.0 cm³/mol. The number of methoxy groups -OCH3 is 2. The van der Waals surface area contributed by atoms with Crippen LogP contribution in [0.2, 0.25) is 5.02 Å². The molecule has 0 spiro atoms. The van der Waals surface area contributed by atoms with Gasteiger partial charge in [-0.05, 0) is 24.6 Å². The summed E-state index contributed by atoms with van der Waals surface area (Å²) in [5, 5.41) is 0.735. The Hall–Kier alpha value is -0.650. The molecule has 5 heteroatoms. The second kappa shape index (κ2) is 6.87. The van der Waals surface area contributed by atoms with E-state index in [-0.39, 0.29) is 24.3 Å². The summed E-state index contributed by atoms with van der Waals surface area (Å²) in [6, 6.07) is 8.01. The van der Waals surface area contributed by atoms with Crippen molar-refractivity contribution in [2.45, 2.75) is 31.2 Å². The van der Waals surface area contributed by atoms with Crippen LogP contribution in [0.15, 0.2) is 24.3 Å². The summed E-state index contributed by atoms with van der Waals surface area (Å²) < 4.78 is 11.0. The van der Waals surface area contributed by atoms with Crippen LogP contribution >= 0.6 is 11.6 Å². The summed E-state index contributed by atoms with van der Waals surface area (Å²) in [4.78, 5) is 2.32. The van der Waals surface area contributed by atoms with Gasteiger partial charge < -0.3 is 15.2 Å². The molecule has 1 fully saturated rings. The van der Waals surface area contributed by atoms with Gasteiger partial charge in [0.05, 0.1) is 12.2 Å². The SMILES string of the molecule is COC1CN(C(c2cccc(Cl)c2)C(C)N)CC1OC. The maximum Gasteiger partial charge on any atom is 0.0972 e. The summed E-state index contributed by atoms with van der Waals surface area (Å²) in [6.07, 6.45) is 0.167. The van der Waals surface area contributed by atoms with E-state index < -0.39 is 0 Å². The largest absolute Gasteiger partial charge is 0.377 e. The van der Waals surface area contributed by atoms with Crippen molar-refractivity contribution in [1.29, 1.82) is 0 Å². The average molecular weight is 299 g/mol. The fourth-order valence-electron chi connectivity index (χ4n) is 2.99. The van der Waals surface area contributed by atoms with Crippen molar-refractivity contribution in [3.05, 3.63) is 34.9 Å². The molecule has 1 aliphatic rings. The van der Waals surface area contributed by atoms with Gasteiger partial charge in [0.2, 0.25) is 0 Å². The molecule has 2 N–H and O–H groups in total. The van der Waals surface area contributed by atoms with Crippen molar-refractivity contribution in [1.82, 2.24) is 4.90 Å². The van der Waals surface area contributed by atoms with Gasteiger partial charge in [0.1, 0.15) is 0 Å². The zero-order valence-corrected chi connectivity index (χ0v) is 13.0. The van der Waals surface area contributed by atoms with E-state index in [1.807, 2.05) is 25.1 Å². The van der Waals surface area contributed by atoms with Crippen molar-refractivity contribution < 1.29 is 9.47 Å². The maximum atomic E-state index is 6.21. The quantitative estimate of drug-likeness (QED) is 0.904. The lowest BCUT2D eigenvalue weighted by molar-refractivity contribution is -0.00461. The zero-order chi connectivity index (χ0) is 14.7. The minimum atomic E-state index is 0.00146. The van der Waals surface area contributed by atoms with Gasteiger partial charge in [-0.1, -0.05) is 23.7 Å². The molecule has 0 bridgehead atoms. The van der Waals surface area contributed by atoms with Gasteiger partial charge in [-0.25, -0.2) is 0 Å². The van der Waals surface area contributed by atoms with Crippen LogP contribution in [-0.2, 0) is 9.47 Å². The highest BCUT2D eigenvalue weighted by Gasteiger charge is 2.38. The van der Waals surface area contributed by atoms with Gasteiger partial charge in [0, 0.05) is 44.4 Å². The minimum Gasteiger partial charge on any atom is -0.377 e. The molecule has 20 heavy (non-hydrogen) atoms. The monoisotopic (exact) mass is 298 g/mol. The van der Waals surface area contributed by atoms with Gasteiger partial charge >= 0.3 is 0 Å². The first-order valence-corrected chi connectivity index (χ1v) is 7.25. The van der Waals surface area contributed by atoms with E-state index in [2.05, 4.69) is 11.0 Å². The third-order valence-electron chi connectivity index (χ3n) is 3.93. The van der Waals surface area contributed by atoms with E-state index in [9.17, 15) is 0 Å². The van der Waals surface area contributed by atoms with Crippen molar-refractivity contribution in [3.8, 4) is 0 Å². The molecule has 4 atom stereocenters. The first-order chi connectivity index (χ1) is 9.56. The van der Waals surface area contributed by atoms with Crippen LogP contribution in [0, 0.1) is 0 Å². The molecule has 4 unspecified atom stereocenters. The van der Waals surface area contributed by atoms with Crippen LogP contribution < -0.4 is 5.73 Å². The molecule has 0 aliphatic carbocycles. The normalized spacial score (nSPS) is 26.6. The number of hydrogen-bond donors (Lipinski definition) is 1. The first-order valence-electron chi connectivity index (χ1n) is 6.87. The fourth-order valence-corrected chi connectivity index (χ4v) is 3.19. The van der Waals surface area contributed by atoms with Gasteiger partial charge in [0.15, 0.2) is 0 Å². The van der Waals surface area contributed by atoms with E-state index in [1.54, 1.807) is 14.2 Å². The Morgan fingerprint density at radius 2 is 1.85 bits per heavy atom. The average Bonchev–Trinajstić information content (AvgIpc) is 2.81. The maximum absolute atomic E-state index is 6.21. The van der Waals surface area contributed by atoms with Gasteiger partial charge in [-0.3, -0.25) is 4.90 Å². The minimum absolute atomic E-state index is 0.00146. The molecule has 1 aromatic rings. The molecule has 112 valence electrons.